The Morgan fingerprint density at radius 3 is 2.16 bits per heavy atom. The Hall–Kier alpha value is -3.85. The monoisotopic (exact) mass is 537 g/mol. The molecular weight excluding hydrogens is 502 g/mol. The molecule has 202 valence electrons. The Morgan fingerprint density at radius 2 is 1.58 bits per heavy atom. The highest BCUT2D eigenvalue weighted by atomic mass is 32.2. The lowest BCUT2D eigenvalue weighted by atomic mass is 10.0. The first-order valence-electron chi connectivity index (χ1n) is 12.4. The van der Waals surface area contributed by atoms with E-state index in [0.717, 1.165) is 33.7 Å². The fourth-order valence-corrected chi connectivity index (χ4v) is 5.05. The third-order valence-corrected chi connectivity index (χ3v) is 7.46. The van der Waals surface area contributed by atoms with Crippen molar-refractivity contribution in [3.63, 3.8) is 0 Å². The van der Waals surface area contributed by atoms with Crippen LogP contribution in [0.3, 0.4) is 0 Å². The average Bonchev–Trinajstić information content (AvgIpc) is 2.93. The maximum atomic E-state index is 13.9. The number of nitrogens with one attached hydrogen (secondary N) is 1. The minimum Gasteiger partial charge on any atom is -0.497 e. The van der Waals surface area contributed by atoms with Crippen LogP contribution in [0.2, 0.25) is 0 Å². The highest BCUT2D eigenvalue weighted by Gasteiger charge is 2.32. The number of hydrogen-bond acceptors (Lipinski definition) is 5. The predicted molar refractivity (Wildman–Crippen MR) is 150 cm³/mol. The number of aryl methyl sites for hydroxylation is 1. The van der Waals surface area contributed by atoms with Gasteiger partial charge in [-0.3, -0.25) is 13.9 Å². The fraction of sp³-hybridized carbons (Fsp3) is 0.310. The highest BCUT2D eigenvalue weighted by Crippen LogP contribution is 2.22. The van der Waals surface area contributed by atoms with Crippen molar-refractivity contribution in [2.75, 3.05) is 31.3 Å². The largest absolute Gasteiger partial charge is 0.497 e. The number of likely N-dealkylation sites (N-methyl/N-ethyl adjacent to an activating group) is 1. The van der Waals surface area contributed by atoms with Gasteiger partial charge in [-0.25, -0.2) is 8.42 Å². The summed E-state index contributed by atoms with van der Waals surface area (Å²) in [5.41, 5.74) is 3.06. The number of carbonyl (C=O) groups excluding carboxylic acids is 2. The van der Waals surface area contributed by atoms with Crippen molar-refractivity contribution in [1.82, 2.24) is 10.2 Å². The summed E-state index contributed by atoms with van der Waals surface area (Å²) in [4.78, 5) is 28.5. The van der Waals surface area contributed by atoms with Crippen molar-refractivity contribution in [2.45, 2.75) is 32.4 Å². The number of amides is 2. The van der Waals surface area contributed by atoms with Gasteiger partial charge in [0.2, 0.25) is 21.8 Å². The van der Waals surface area contributed by atoms with E-state index in [1.807, 2.05) is 55.5 Å². The zero-order valence-corrected chi connectivity index (χ0v) is 23.1. The topological polar surface area (TPSA) is 96.0 Å². The summed E-state index contributed by atoms with van der Waals surface area (Å²) in [6.45, 7) is 1.65. The van der Waals surface area contributed by atoms with Gasteiger partial charge in [0.05, 0.1) is 19.1 Å². The molecule has 0 fully saturated rings. The summed E-state index contributed by atoms with van der Waals surface area (Å²) in [5.74, 6) is -0.228. The molecule has 38 heavy (non-hydrogen) atoms. The summed E-state index contributed by atoms with van der Waals surface area (Å²) in [5, 5.41) is 2.67. The first-order valence-corrected chi connectivity index (χ1v) is 14.3. The van der Waals surface area contributed by atoms with Crippen LogP contribution in [0.4, 0.5) is 5.69 Å². The standard InChI is InChI=1S/C29H35N3O5S/c1-5-22-14-16-25(17-15-22)32(38(4,35)36)21-28(33)31(20-24-12-9-13-26(18-24)37-3)27(29(34)30-2)19-23-10-7-6-8-11-23/h6-18,27H,5,19-21H2,1-4H3,(H,30,34)/t27-/m0/s1. The minimum absolute atomic E-state index is 0.0906. The van der Waals surface area contributed by atoms with Crippen molar-refractivity contribution < 1.29 is 22.7 Å². The first kappa shape index (κ1) is 28.7. The van der Waals surface area contributed by atoms with Crippen LogP contribution in [0.1, 0.15) is 23.6 Å². The normalized spacial score (nSPS) is 11.9. The van der Waals surface area contributed by atoms with Gasteiger partial charge in [0.1, 0.15) is 18.3 Å². The van der Waals surface area contributed by atoms with E-state index in [9.17, 15) is 18.0 Å². The van der Waals surface area contributed by atoms with Crippen molar-refractivity contribution in [3.05, 3.63) is 95.6 Å². The van der Waals surface area contributed by atoms with Crippen LogP contribution in [0.15, 0.2) is 78.9 Å². The third-order valence-electron chi connectivity index (χ3n) is 6.32. The molecule has 0 saturated heterocycles. The molecule has 0 aliphatic carbocycles. The predicted octanol–water partition coefficient (Wildman–Crippen LogP) is 3.41. The molecule has 1 N–H and O–H groups in total. The molecule has 3 aromatic rings. The van der Waals surface area contributed by atoms with E-state index >= 15 is 0 Å². The Kier molecular flexibility index (Phi) is 9.90. The lowest BCUT2D eigenvalue weighted by Crippen LogP contribution is -2.52. The molecule has 0 saturated carbocycles. The van der Waals surface area contributed by atoms with Crippen molar-refractivity contribution in [2.24, 2.45) is 0 Å². The molecule has 0 aliphatic rings. The lowest BCUT2D eigenvalue weighted by molar-refractivity contribution is -0.139. The smallest absolute Gasteiger partial charge is 0.244 e. The van der Waals surface area contributed by atoms with Crippen LogP contribution in [-0.4, -0.2) is 58.1 Å². The third kappa shape index (κ3) is 7.58. The van der Waals surface area contributed by atoms with Crippen LogP contribution in [0.25, 0.3) is 0 Å². The molecule has 0 radical (unpaired) electrons. The Morgan fingerprint density at radius 1 is 0.921 bits per heavy atom. The average molecular weight is 538 g/mol. The number of carbonyl (C=O) groups is 2. The van der Waals surface area contributed by atoms with E-state index in [0.29, 0.717) is 11.4 Å². The van der Waals surface area contributed by atoms with Crippen molar-refractivity contribution in [3.8, 4) is 5.75 Å². The molecule has 2 amide bonds. The van der Waals surface area contributed by atoms with Gasteiger partial charge >= 0.3 is 0 Å². The summed E-state index contributed by atoms with van der Waals surface area (Å²) in [6, 6.07) is 22.8. The van der Waals surface area contributed by atoms with Gasteiger partial charge in [0.25, 0.3) is 0 Å². The number of ether oxygens (including phenoxy) is 1. The molecule has 8 nitrogen and oxygen atoms in total. The van der Waals surface area contributed by atoms with Gasteiger partial charge in [-0.1, -0.05) is 61.5 Å². The Balaban J connectivity index is 2.02. The number of methoxy groups -OCH3 is 1. The molecule has 0 bridgehead atoms. The first-order chi connectivity index (χ1) is 18.2. The van der Waals surface area contributed by atoms with E-state index in [4.69, 9.17) is 4.74 Å². The maximum Gasteiger partial charge on any atom is 0.244 e. The molecule has 0 aliphatic heterocycles. The number of anilines is 1. The van der Waals surface area contributed by atoms with Gasteiger partial charge in [0.15, 0.2) is 0 Å². The molecule has 1 atom stereocenters. The van der Waals surface area contributed by atoms with Crippen LogP contribution >= 0.6 is 0 Å². The number of nitrogens with zero attached hydrogens (tertiary/aromatic N) is 2. The van der Waals surface area contributed by atoms with Gasteiger partial charge in [-0.15, -0.1) is 0 Å². The zero-order valence-electron chi connectivity index (χ0n) is 22.3. The van der Waals surface area contributed by atoms with Crippen molar-refractivity contribution in [1.29, 1.82) is 0 Å². The van der Waals surface area contributed by atoms with Gasteiger partial charge < -0.3 is 15.0 Å². The molecule has 9 heteroatoms. The quantitative estimate of drug-likeness (QED) is 0.382. The maximum absolute atomic E-state index is 13.9. The van der Waals surface area contributed by atoms with E-state index in [2.05, 4.69) is 5.32 Å². The molecule has 0 aromatic heterocycles. The van der Waals surface area contributed by atoms with Gasteiger partial charge in [0, 0.05) is 20.0 Å². The summed E-state index contributed by atoms with van der Waals surface area (Å²) in [7, 11) is -0.720. The van der Waals surface area contributed by atoms with E-state index < -0.39 is 28.5 Å². The molecule has 0 spiro atoms. The molecule has 3 aromatic carbocycles. The Bertz CT molecular complexity index is 1330. The second-order valence-electron chi connectivity index (χ2n) is 8.98. The number of hydrogen-bond donors (Lipinski definition) is 1. The second-order valence-corrected chi connectivity index (χ2v) is 10.9. The number of benzene rings is 3. The van der Waals surface area contributed by atoms with E-state index in [1.165, 1.54) is 11.9 Å². The fourth-order valence-electron chi connectivity index (χ4n) is 4.20. The highest BCUT2D eigenvalue weighted by molar-refractivity contribution is 7.92. The molecule has 3 rings (SSSR count). The SMILES string of the molecule is CCc1ccc(N(CC(=O)N(Cc2cccc(OC)c2)[C@@H](Cc2ccccc2)C(=O)NC)S(C)(=O)=O)cc1. The van der Waals surface area contributed by atoms with Gasteiger partial charge in [-0.05, 0) is 47.4 Å². The minimum atomic E-state index is -3.79. The summed E-state index contributed by atoms with van der Waals surface area (Å²) in [6.07, 6.45) is 2.14. The van der Waals surface area contributed by atoms with Crippen molar-refractivity contribution >= 4 is 27.5 Å². The zero-order chi connectivity index (χ0) is 27.7. The lowest BCUT2D eigenvalue weighted by Gasteiger charge is -2.33. The molecular formula is C29H35N3O5S. The molecule has 0 unspecified atom stereocenters. The summed E-state index contributed by atoms with van der Waals surface area (Å²) >= 11 is 0. The van der Waals surface area contributed by atoms with Crippen LogP contribution < -0.4 is 14.4 Å². The summed E-state index contributed by atoms with van der Waals surface area (Å²) < 4.78 is 32.0. The van der Waals surface area contributed by atoms with Crippen LogP contribution in [-0.2, 0) is 39.0 Å². The number of sulfonamides is 1. The van der Waals surface area contributed by atoms with Crippen LogP contribution in [0, 0.1) is 0 Å². The van der Waals surface area contributed by atoms with E-state index in [1.54, 1.807) is 37.4 Å². The van der Waals surface area contributed by atoms with E-state index in [-0.39, 0.29) is 18.9 Å². The molecule has 0 heterocycles. The Labute approximate surface area is 225 Å². The number of rotatable bonds is 12. The van der Waals surface area contributed by atoms with Gasteiger partial charge in [-0.2, -0.15) is 0 Å². The van der Waals surface area contributed by atoms with Crippen LogP contribution in [0.5, 0.6) is 5.75 Å². The second kappa shape index (κ2) is 13.1.